The Hall–Kier alpha value is -4.60. The number of anilines is 2. The second kappa shape index (κ2) is 10.0. The third-order valence-electron chi connectivity index (χ3n) is 6.65. The van der Waals surface area contributed by atoms with E-state index in [1.54, 1.807) is 41.9 Å². The number of aromatic nitrogens is 4. The number of aryl methyl sites for hydroxylation is 2. The lowest BCUT2D eigenvalue weighted by Gasteiger charge is -2.16. The first-order valence-electron chi connectivity index (χ1n) is 12.2. The van der Waals surface area contributed by atoms with Crippen molar-refractivity contribution >= 4 is 23.2 Å². The van der Waals surface area contributed by atoms with E-state index >= 15 is 0 Å². The lowest BCUT2D eigenvalue weighted by molar-refractivity contribution is -0.122. The van der Waals surface area contributed by atoms with E-state index in [0.29, 0.717) is 34.6 Å². The monoisotopic (exact) mass is 514 g/mol. The van der Waals surface area contributed by atoms with Crippen LogP contribution < -0.4 is 15.0 Å². The van der Waals surface area contributed by atoms with Crippen molar-refractivity contribution in [2.45, 2.75) is 34.1 Å². The molecule has 0 spiro atoms. The number of nitrogens with zero attached hydrogens (tertiary/aromatic N) is 5. The maximum atomic E-state index is 13.2. The van der Waals surface area contributed by atoms with Gasteiger partial charge in [0, 0.05) is 36.1 Å². The van der Waals surface area contributed by atoms with Gasteiger partial charge < -0.3 is 15.0 Å². The number of hydrogen-bond acceptors (Lipinski definition) is 6. The molecule has 2 amide bonds. The molecule has 1 fully saturated rings. The highest BCUT2D eigenvalue weighted by molar-refractivity contribution is 6.03. The highest BCUT2D eigenvalue weighted by atomic mass is 19.1. The van der Waals surface area contributed by atoms with Gasteiger partial charge in [0.15, 0.2) is 5.82 Å². The number of rotatable bonds is 6. The standard InChI is InChI=1S/C28H27FN6O3/c1-16-17(2)33-35(18(16)3)25-14-26(31-19(4)30-25)38-24-11-7-22(8-12-24)32-28(37)20-13-27(36)34(15-20)23-9-5-21(29)6-10-23/h5-12,14,20H,13,15H2,1-4H3,(H,32,37). The van der Waals surface area contributed by atoms with Crippen molar-refractivity contribution in [3.8, 4) is 17.4 Å². The van der Waals surface area contributed by atoms with E-state index < -0.39 is 5.92 Å². The number of hydrogen-bond donors (Lipinski definition) is 1. The molecule has 1 aliphatic rings. The highest BCUT2D eigenvalue weighted by Gasteiger charge is 2.35. The molecule has 2 aromatic carbocycles. The second-order valence-electron chi connectivity index (χ2n) is 9.32. The van der Waals surface area contributed by atoms with Crippen LogP contribution in [0.25, 0.3) is 5.82 Å². The van der Waals surface area contributed by atoms with Crippen LogP contribution in [0.2, 0.25) is 0 Å². The summed E-state index contributed by atoms with van der Waals surface area (Å²) in [6.07, 6.45) is 0.0918. The maximum absolute atomic E-state index is 13.2. The Kier molecular flexibility index (Phi) is 6.62. The van der Waals surface area contributed by atoms with Crippen LogP contribution in [0.3, 0.4) is 0 Å². The van der Waals surface area contributed by atoms with Crippen LogP contribution in [0, 0.1) is 39.4 Å². The molecule has 0 radical (unpaired) electrons. The first-order chi connectivity index (χ1) is 18.2. The number of benzene rings is 2. The lowest BCUT2D eigenvalue weighted by Crippen LogP contribution is -2.28. The van der Waals surface area contributed by atoms with Crippen LogP contribution in [-0.4, -0.2) is 38.1 Å². The van der Waals surface area contributed by atoms with Gasteiger partial charge in [-0.15, -0.1) is 0 Å². The Balaban J connectivity index is 1.24. The van der Waals surface area contributed by atoms with E-state index in [2.05, 4.69) is 20.4 Å². The maximum Gasteiger partial charge on any atom is 0.229 e. The zero-order chi connectivity index (χ0) is 27.0. The molecule has 1 atom stereocenters. The summed E-state index contributed by atoms with van der Waals surface area (Å²) in [6, 6.07) is 14.3. The van der Waals surface area contributed by atoms with Gasteiger partial charge in [-0.2, -0.15) is 10.1 Å². The summed E-state index contributed by atoms with van der Waals surface area (Å²) in [5, 5.41) is 7.42. The van der Waals surface area contributed by atoms with Crippen LogP contribution in [-0.2, 0) is 9.59 Å². The van der Waals surface area contributed by atoms with Crippen LogP contribution in [0.15, 0.2) is 54.6 Å². The van der Waals surface area contributed by atoms with Crippen molar-refractivity contribution < 1.29 is 18.7 Å². The van der Waals surface area contributed by atoms with Gasteiger partial charge in [-0.3, -0.25) is 9.59 Å². The van der Waals surface area contributed by atoms with Gasteiger partial charge in [0.05, 0.1) is 11.6 Å². The molecular weight excluding hydrogens is 487 g/mol. The number of halogens is 1. The molecule has 2 aromatic heterocycles. The van der Waals surface area contributed by atoms with Crippen molar-refractivity contribution in [3.63, 3.8) is 0 Å². The van der Waals surface area contributed by atoms with E-state index in [1.807, 2.05) is 20.8 Å². The minimum atomic E-state index is -0.510. The molecule has 0 aliphatic carbocycles. The Bertz CT molecular complexity index is 1520. The summed E-state index contributed by atoms with van der Waals surface area (Å²) in [7, 11) is 0. The molecule has 10 heteroatoms. The van der Waals surface area contributed by atoms with Crippen molar-refractivity contribution in [2.75, 3.05) is 16.8 Å². The fourth-order valence-corrected chi connectivity index (χ4v) is 4.35. The predicted molar refractivity (Wildman–Crippen MR) is 140 cm³/mol. The molecule has 1 N–H and O–H groups in total. The SMILES string of the molecule is Cc1nc(Oc2ccc(NC(=O)C3CC(=O)N(c4ccc(F)cc4)C3)cc2)cc(-n2nc(C)c(C)c2C)n1. The zero-order valence-corrected chi connectivity index (χ0v) is 21.5. The molecule has 1 unspecified atom stereocenters. The third-order valence-corrected chi connectivity index (χ3v) is 6.65. The Morgan fingerprint density at radius 2 is 1.74 bits per heavy atom. The molecule has 194 valence electrons. The van der Waals surface area contributed by atoms with E-state index in [9.17, 15) is 14.0 Å². The molecule has 1 aliphatic heterocycles. The molecule has 38 heavy (non-hydrogen) atoms. The van der Waals surface area contributed by atoms with Crippen molar-refractivity contribution in [2.24, 2.45) is 5.92 Å². The summed E-state index contributed by atoms with van der Waals surface area (Å²) in [5.74, 6) is 0.760. The van der Waals surface area contributed by atoms with Crippen molar-refractivity contribution in [3.05, 3.63) is 83.2 Å². The predicted octanol–water partition coefficient (Wildman–Crippen LogP) is 4.82. The van der Waals surface area contributed by atoms with Gasteiger partial charge >= 0.3 is 0 Å². The van der Waals surface area contributed by atoms with Gasteiger partial charge in [0.25, 0.3) is 0 Å². The van der Waals surface area contributed by atoms with Gasteiger partial charge in [-0.25, -0.2) is 14.1 Å². The summed E-state index contributed by atoms with van der Waals surface area (Å²) in [6.45, 7) is 7.99. The molecule has 3 heterocycles. The summed E-state index contributed by atoms with van der Waals surface area (Å²) in [4.78, 5) is 35.6. The van der Waals surface area contributed by atoms with E-state index in [-0.39, 0.29) is 30.6 Å². The van der Waals surface area contributed by atoms with Crippen LogP contribution >= 0.6 is 0 Å². The summed E-state index contributed by atoms with van der Waals surface area (Å²) < 4.78 is 21.0. The number of carbonyl (C=O) groups excluding carboxylic acids is 2. The molecule has 0 saturated carbocycles. The largest absolute Gasteiger partial charge is 0.439 e. The first kappa shape index (κ1) is 25.1. The average Bonchev–Trinajstić information content (AvgIpc) is 3.40. The average molecular weight is 515 g/mol. The van der Waals surface area contributed by atoms with E-state index in [1.165, 1.54) is 29.2 Å². The Morgan fingerprint density at radius 1 is 1.03 bits per heavy atom. The molecular formula is C28H27FN6O3. The molecule has 0 bridgehead atoms. The minimum Gasteiger partial charge on any atom is -0.439 e. The fraction of sp³-hybridized carbons (Fsp3) is 0.250. The number of carbonyl (C=O) groups is 2. The number of amides is 2. The second-order valence-corrected chi connectivity index (χ2v) is 9.32. The number of ether oxygens (including phenoxy) is 1. The zero-order valence-electron chi connectivity index (χ0n) is 21.5. The van der Waals surface area contributed by atoms with Gasteiger partial charge in [0.1, 0.15) is 17.4 Å². The van der Waals surface area contributed by atoms with Crippen molar-refractivity contribution in [1.29, 1.82) is 0 Å². The summed E-state index contributed by atoms with van der Waals surface area (Å²) in [5.41, 5.74) is 4.18. The number of nitrogens with one attached hydrogen (secondary N) is 1. The topological polar surface area (TPSA) is 102 Å². The van der Waals surface area contributed by atoms with Crippen molar-refractivity contribution in [1.82, 2.24) is 19.7 Å². The Labute approximate surface area is 219 Å². The molecule has 5 rings (SSSR count). The molecule has 4 aromatic rings. The minimum absolute atomic E-state index is 0.0918. The molecule has 9 nitrogen and oxygen atoms in total. The summed E-state index contributed by atoms with van der Waals surface area (Å²) >= 11 is 0. The molecule has 1 saturated heterocycles. The van der Waals surface area contributed by atoms with Crippen LogP contribution in [0.5, 0.6) is 11.6 Å². The third kappa shape index (κ3) is 5.10. The smallest absolute Gasteiger partial charge is 0.229 e. The van der Waals surface area contributed by atoms with Crippen LogP contribution in [0.1, 0.15) is 29.2 Å². The lowest BCUT2D eigenvalue weighted by atomic mass is 10.1. The normalized spacial score (nSPS) is 15.1. The van der Waals surface area contributed by atoms with Gasteiger partial charge in [0.2, 0.25) is 17.7 Å². The van der Waals surface area contributed by atoms with Gasteiger partial charge in [-0.1, -0.05) is 0 Å². The van der Waals surface area contributed by atoms with E-state index in [0.717, 1.165) is 17.0 Å². The highest BCUT2D eigenvalue weighted by Crippen LogP contribution is 2.28. The van der Waals surface area contributed by atoms with E-state index in [4.69, 9.17) is 4.74 Å². The van der Waals surface area contributed by atoms with Crippen LogP contribution in [0.4, 0.5) is 15.8 Å². The fourth-order valence-electron chi connectivity index (χ4n) is 4.35. The quantitative estimate of drug-likeness (QED) is 0.396. The Morgan fingerprint density at radius 3 is 2.39 bits per heavy atom. The first-order valence-corrected chi connectivity index (χ1v) is 12.2. The van der Waals surface area contributed by atoms with Gasteiger partial charge in [-0.05, 0) is 81.8 Å².